The van der Waals surface area contributed by atoms with Crippen LogP contribution in [0.3, 0.4) is 0 Å². The van der Waals surface area contributed by atoms with E-state index in [4.69, 9.17) is 0 Å². The third-order valence-corrected chi connectivity index (χ3v) is 5.79. The average Bonchev–Trinajstić information content (AvgIpc) is 2.89. The Morgan fingerprint density at radius 3 is 2.91 bits per heavy atom. The second kappa shape index (κ2) is 6.76. The van der Waals surface area contributed by atoms with Crippen molar-refractivity contribution in [2.45, 2.75) is 24.6 Å². The van der Waals surface area contributed by atoms with Crippen LogP contribution in [0, 0.1) is 0 Å². The third kappa shape index (κ3) is 4.05. The number of piperidine rings is 1. The molecular weight excluding hydrogens is 328 g/mol. The first-order chi connectivity index (χ1) is 10.3. The zero-order valence-electron chi connectivity index (χ0n) is 12.4. The van der Waals surface area contributed by atoms with Gasteiger partial charge >= 0.3 is 5.97 Å². The average molecular weight is 346 g/mol. The van der Waals surface area contributed by atoms with Crippen molar-refractivity contribution in [1.82, 2.24) is 9.62 Å². The van der Waals surface area contributed by atoms with Crippen LogP contribution in [0.4, 0.5) is 0 Å². The normalized spacial score (nSPS) is 19.3. The number of sulfonamides is 1. The largest absolute Gasteiger partial charge is 0.465 e. The number of amides is 1. The first-order valence-electron chi connectivity index (χ1n) is 6.71. The molecule has 122 valence electrons. The Hall–Kier alpha value is -1.45. The van der Waals surface area contributed by atoms with E-state index in [1.807, 2.05) is 0 Å². The van der Waals surface area contributed by atoms with Gasteiger partial charge in [0.15, 0.2) is 0 Å². The van der Waals surface area contributed by atoms with E-state index in [1.54, 1.807) is 23.4 Å². The number of methoxy groups -OCH3 is 1. The molecule has 1 aromatic heterocycles. The molecule has 1 aromatic rings. The van der Waals surface area contributed by atoms with Crippen LogP contribution in [0.5, 0.6) is 0 Å². The number of likely N-dealkylation sites (tertiary alicyclic amines) is 1. The molecule has 0 radical (unpaired) electrons. The topological polar surface area (TPSA) is 92.8 Å². The molecule has 0 bridgehead atoms. The van der Waals surface area contributed by atoms with Gasteiger partial charge in [0.05, 0.1) is 12.9 Å². The molecule has 1 aliphatic rings. The van der Waals surface area contributed by atoms with Gasteiger partial charge in [-0.05, 0) is 23.4 Å². The van der Waals surface area contributed by atoms with Crippen LogP contribution in [0.25, 0.3) is 0 Å². The molecule has 1 unspecified atom stereocenters. The van der Waals surface area contributed by atoms with Gasteiger partial charge in [0.1, 0.15) is 4.88 Å². The minimum absolute atomic E-state index is 0.0790. The lowest BCUT2D eigenvalue weighted by molar-refractivity contribution is -0.132. The van der Waals surface area contributed by atoms with Gasteiger partial charge in [0.2, 0.25) is 15.9 Å². The molecule has 9 heteroatoms. The first kappa shape index (κ1) is 16.9. The predicted molar refractivity (Wildman–Crippen MR) is 82.1 cm³/mol. The SMILES string of the molecule is COC(=O)c1sccc1CS(=O)(=O)NC1CCN(C)C(=O)C1. The van der Waals surface area contributed by atoms with Crippen molar-refractivity contribution in [1.29, 1.82) is 0 Å². The quantitative estimate of drug-likeness (QED) is 0.787. The molecule has 1 amide bonds. The van der Waals surface area contributed by atoms with Crippen LogP contribution >= 0.6 is 11.3 Å². The number of carbonyl (C=O) groups is 2. The Balaban J connectivity index is 2.04. The van der Waals surface area contributed by atoms with Crippen molar-refractivity contribution in [2.75, 3.05) is 20.7 Å². The maximum atomic E-state index is 12.2. The summed E-state index contributed by atoms with van der Waals surface area (Å²) in [5.41, 5.74) is 0.406. The second-order valence-corrected chi connectivity index (χ2v) is 7.82. The highest BCUT2D eigenvalue weighted by atomic mass is 32.2. The van der Waals surface area contributed by atoms with Gasteiger partial charge in [-0.25, -0.2) is 17.9 Å². The number of rotatable bonds is 5. The monoisotopic (exact) mass is 346 g/mol. The van der Waals surface area contributed by atoms with Crippen molar-refractivity contribution in [3.05, 3.63) is 21.9 Å². The fourth-order valence-electron chi connectivity index (χ4n) is 2.26. The molecule has 1 saturated heterocycles. The standard InChI is InChI=1S/C13H18N2O5S2/c1-15-5-3-10(7-11(15)16)14-22(18,19)8-9-4-6-21-12(9)13(17)20-2/h4,6,10,14H,3,5,7-8H2,1-2H3. The number of ether oxygens (including phenoxy) is 1. The van der Waals surface area contributed by atoms with Gasteiger partial charge in [0.25, 0.3) is 0 Å². The summed E-state index contributed by atoms with van der Waals surface area (Å²) in [5, 5.41) is 1.65. The third-order valence-electron chi connectivity index (χ3n) is 3.47. The van der Waals surface area contributed by atoms with Gasteiger partial charge in [-0.1, -0.05) is 0 Å². The van der Waals surface area contributed by atoms with E-state index in [-0.39, 0.29) is 23.0 Å². The van der Waals surface area contributed by atoms with Crippen LogP contribution in [-0.4, -0.2) is 51.9 Å². The minimum atomic E-state index is -3.63. The molecule has 2 heterocycles. The fraction of sp³-hybridized carbons (Fsp3) is 0.538. The number of esters is 1. The van der Waals surface area contributed by atoms with E-state index < -0.39 is 22.0 Å². The summed E-state index contributed by atoms with van der Waals surface area (Å²) < 4.78 is 31.6. The van der Waals surface area contributed by atoms with Crippen molar-refractivity contribution in [3.63, 3.8) is 0 Å². The zero-order valence-corrected chi connectivity index (χ0v) is 14.0. The summed E-state index contributed by atoms with van der Waals surface area (Å²) in [6.07, 6.45) is 0.734. The maximum Gasteiger partial charge on any atom is 0.348 e. The lowest BCUT2D eigenvalue weighted by atomic mass is 10.1. The summed E-state index contributed by atoms with van der Waals surface area (Å²) in [6.45, 7) is 0.526. The van der Waals surface area contributed by atoms with Gasteiger partial charge in [-0.15, -0.1) is 11.3 Å². The van der Waals surface area contributed by atoms with Gasteiger partial charge < -0.3 is 9.64 Å². The fourth-order valence-corrected chi connectivity index (χ4v) is 4.64. The lowest BCUT2D eigenvalue weighted by Crippen LogP contribution is -2.46. The lowest BCUT2D eigenvalue weighted by Gasteiger charge is -2.29. The maximum absolute atomic E-state index is 12.2. The number of nitrogens with zero attached hydrogens (tertiary/aromatic N) is 1. The molecular formula is C13H18N2O5S2. The molecule has 7 nitrogen and oxygen atoms in total. The van der Waals surface area contributed by atoms with Crippen molar-refractivity contribution in [3.8, 4) is 0 Å². The Bertz CT molecular complexity index is 668. The van der Waals surface area contributed by atoms with Gasteiger partial charge in [-0.3, -0.25) is 4.79 Å². The summed E-state index contributed by atoms with van der Waals surface area (Å²) in [4.78, 5) is 25.1. The molecule has 1 fully saturated rings. The van der Waals surface area contributed by atoms with E-state index in [0.29, 0.717) is 18.5 Å². The van der Waals surface area contributed by atoms with E-state index in [2.05, 4.69) is 9.46 Å². The van der Waals surface area contributed by atoms with Crippen LogP contribution in [-0.2, 0) is 25.3 Å². The number of thiophene rings is 1. The van der Waals surface area contributed by atoms with E-state index in [9.17, 15) is 18.0 Å². The number of nitrogens with one attached hydrogen (secondary N) is 1. The highest BCUT2D eigenvalue weighted by Gasteiger charge is 2.28. The molecule has 1 atom stereocenters. The second-order valence-electron chi connectivity index (χ2n) is 5.15. The van der Waals surface area contributed by atoms with Crippen molar-refractivity contribution >= 4 is 33.2 Å². The molecule has 1 aliphatic heterocycles. The Morgan fingerprint density at radius 2 is 2.27 bits per heavy atom. The smallest absolute Gasteiger partial charge is 0.348 e. The minimum Gasteiger partial charge on any atom is -0.465 e. The molecule has 0 aromatic carbocycles. The Kier molecular flexibility index (Phi) is 5.20. The molecule has 0 spiro atoms. The summed E-state index contributed by atoms with van der Waals surface area (Å²) >= 11 is 1.14. The van der Waals surface area contributed by atoms with Crippen LogP contribution < -0.4 is 4.72 Å². The van der Waals surface area contributed by atoms with Gasteiger partial charge in [-0.2, -0.15) is 0 Å². The molecule has 2 rings (SSSR count). The number of hydrogen-bond acceptors (Lipinski definition) is 6. The first-order valence-corrected chi connectivity index (χ1v) is 9.24. The molecule has 22 heavy (non-hydrogen) atoms. The Morgan fingerprint density at radius 1 is 1.55 bits per heavy atom. The zero-order chi connectivity index (χ0) is 16.3. The van der Waals surface area contributed by atoms with E-state index in [0.717, 1.165) is 11.3 Å². The van der Waals surface area contributed by atoms with E-state index in [1.165, 1.54) is 7.11 Å². The summed E-state index contributed by atoms with van der Waals surface area (Å²) in [6, 6.07) is 1.20. The summed E-state index contributed by atoms with van der Waals surface area (Å²) in [5.74, 6) is -0.930. The van der Waals surface area contributed by atoms with Crippen LogP contribution in [0.15, 0.2) is 11.4 Å². The van der Waals surface area contributed by atoms with Gasteiger partial charge in [0, 0.05) is 26.1 Å². The van der Waals surface area contributed by atoms with Crippen molar-refractivity contribution in [2.24, 2.45) is 0 Å². The summed E-state index contributed by atoms with van der Waals surface area (Å²) in [7, 11) is -0.683. The highest BCUT2D eigenvalue weighted by Crippen LogP contribution is 2.21. The van der Waals surface area contributed by atoms with E-state index >= 15 is 0 Å². The number of hydrogen-bond donors (Lipinski definition) is 1. The van der Waals surface area contributed by atoms with Crippen molar-refractivity contribution < 1.29 is 22.7 Å². The molecule has 0 saturated carbocycles. The highest BCUT2D eigenvalue weighted by molar-refractivity contribution is 7.88. The predicted octanol–water partition coefficient (Wildman–Crippen LogP) is 0.575. The van der Waals surface area contributed by atoms with Crippen LogP contribution in [0.2, 0.25) is 0 Å². The Labute approximate surface area is 133 Å². The van der Waals surface area contributed by atoms with Crippen LogP contribution in [0.1, 0.15) is 28.1 Å². The molecule has 1 N–H and O–H groups in total. The molecule has 0 aliphatic carbocycles. The number of carbonyl (C=O) groups excluding carboxylic acids is 2.